The van der Waals surface area contributed by atoms with E-state index in [1.807, 2.05) is 13.8 Å². The van der Waals surface area contributed by atoms with Gasteiger partial charge in [-0.3, -0.25) is 9.59 Å². The third-order valence-electron chi connectivity index (χ3n) is 7.97. The Hall–Kier alpha value is -1.79. The third kappa shape index (κ3) is 4.44. The zero-order valence-corrected chi connectivity index (χ0v) is 20.0. The quantitative estimate of drug-likeness (QED) is 0.357. The first-order valence-corrected chi connectivity index (χ1v) is 12.1. The summed E-state index contributed by atoms with van der Waals surface area (Å²) in [4.78, 5) is 47.6. The lowest BCUT2D eigenvalue weighted by molar-refractivity contribution is -0.576. The number of fused-ring (bicyclic) bond motifs is 2. The molecule has 11 heteroatoms. The van der Waals surface area contributed by atoms with Gasteiger partial charge in [-0.05, 0) is 44.9 Å². The van der Waals surface area contributed by atoms with Crippen LogP contribution in [-0.2, 0) is 38.4 Å². The number of carboxylic acid groups (broad SMARTS) is 1. The Morgan fingerprint density at radius 3 is 2.53 bits per heavy atom. The van der Waals surface area contributed by atoms with Gasteiger partial charge in [-0.1, -0.05) is 13.8 Å². The predicted molar refractivity (Wildman–Crippen MR) is 113 cm³/mol. The molecule has 0 aromatic rings. The minimum Gasteiger partial charge on any atom is -0.480 e. The van der Waals surface area contributed by atoms with Crippen LogP contribution in [0.5, 0.6) is 0 Å². The van der Waals surface area contributed by atoms with Crippen molar-refractivity contribution in [3.05, 3.63) is 0 Å². The number of hydrogen-bond acceptors (Lipinski definition) is 9. The van der Waals surface area contributed by atoms with E-state index in [0.717, 1.165) is 19.3 Å². The van der Waals surface area contributed by atoms with Gasteiger partial charge in [0.05, 0.1) is 12.5 Å². The zero-order valence-electron chi connectivity index (χ0n) is 20.0. The van der Waals surface area contributed by atoms with Crippen molar-refractivity contribution in [2.45, 2.75) is 102 Å². The number of hydrogen-bond donors (Lipinski definition) is 3. The largest absolute Gasteiger partial charge is 0.480 e. The Kier molecular flexibility index (Phi) is 6.96. The van der Waals surface area contributed by atoms with Crippen LogP contribution in [-0.4, -0.2) is 64.2 Å². The van der Waals surface area contributed by atoms with Crippen molar-refractivity contribution in [2.24, 2.45) is 23.7 Å². The molecule has 1 aliphatic carbocycles. The molecule has 0 radical (unpaired) electrons. The van der Waals surface area contributed by atoms with Crippen LogP contribution in [0.2, 0.25) is 0 Å². The van der Waals surface area contributed by atoms with Crippen molar-refractivity contribution in [2.75, 3.05) is 0 Å². The van der Waals surface area contributed by atoms with Gasteiger partial charge in [-0.15, -0.1) is 0 Å². The van der Waals surface area contributed by atoms with E-state index in [1.165, 1.54) is 6.92 Å². The van der Waals surface area contributed by atoms with Crippen molar-refractivity contribution in [3.8, 4) is 0 Å². The van der Waals surface area contributed by atoms with E-state index in [2.05, 4.69) is 12.2 Å². The second kappa shape index (κ2) is 9.34. The molecule has 11 nitrogen and oxygen atoms in total. The summed E-state index contributed by atoms with van der Waals surface area (Å²) in [6.07, 6.45) is 0.00572. The summed E-state index contributed by atoms with van der Waals surface area (Å²) >= 11 is 0. The van der Waals surface area contributed by atoms with E-state index < -0.39 is 54.0 Å². The van der Waals surface area contributed by atoms with Gasteiger partial charge in [0.2, 0.25) is 18.0 Å². The number of esters is 1. The van der Waals surface area contributed by atoms with Gasteiger partial charge in [0.25, 0.3) is 0 Å². The molecule has 4 saturated heterocycles. The Morgan fingerprint density at radius 1 is 1.12 bits per heavy atom. The summed E-state index contributed by atoms with van der Waals surface area (Å²) in [5.41, 5.74) is -0.761. The second-order valence-electron chi connectivity index (χ2n) is 10.4. The molecule has 5 rings (SSSR count). The average molecular weight is 486 g/mol. The molecule has 4 aliphatic heterocycles. The summed E-state index contributed by atoms with van der Waals surface area (Å²) in [7, 11) is 0. The summed E-state index contributed by atoms with van der Waals surface area (Å²) < 4.78 is 18.0. The molecular formula is C23H35NO10. The highest BCUT2D eigenvalue weighted by atomic mass is 17.3. The summed E-state index contributed by atoms with van der Waals surface area (Å²) in [6.45, 7) is 7.24. The SMILES string of the molecule is CC(O)C(NC(=O)CCC(=O)OC1OC2OC3(C)CCC4C(C)CCC(C1C)C24OO3)C(=O)O. The van der Waals surface area contributed by atoms with Gasteiger partial charge in [-0.25, -0.2) is 14.6 Å². The van der Waals surface area contributed by atoms with Crippen LogP contribution in [0, 0.1) is 23.7 Å². The monoisotopic (exact) mass is 485 g/mol. The lowest BCUT2D eigenvalue weighted by Crippen LogP contribution is -2.70. The van der Waals surface area contributed by atoms with Crippen molar-refractivity contribution < 1.29 is 48.6 Å². The summed E-state index contributed by atoms with van der Waals surface area (Å²) in [5.74, 6) is -3.19. The number of amides is 1. The van der Waals surface area contributed by atoms with Crippen LogP contribution in [0.1, 0.15) is 66.2 Å². The first-order chi connectivity index (χ1) is 16.0. The third-order valence-corrected chi connectivity index (χ3v) is 7.97. The van der Waals surface area contributed by atoms with Crippen molar-refractivity contribution >= 4 is 17.8 Å². The Morgan fingerprint density at radius 2 is 1.85 bits per heavy atom. The van der Waals surface area contributed by atoms with Crippen LogP contribution in [0.15, 0.2) is 0 Å². The highest BCUT2D eigenvalue weighted by Crippen LogP contribution is 2.60. The normalized spacial score (nSPS) is 42.6. The molecule has 10 atom stereocenters. The van der Waals surface area contributed by atoms with Crippen molar-refractivity contribution in [3.63, 3.8) is 0 Å². The minimum atomic E-state index is -1.45. The molecule has 2 bridgehead atoms. The molecule has 0 aromatic heterocycles. The van der Waals surface area contributed by atoms with Crippen LogP contribution in [0.3, 0.4) is 0 Å². The zero-order chi connectivity index (χ0) is 24.8. The fourth-order valence-corrected chi connectivity index (χ4v) is 6.05. The fourth-order valence-electron chi connectivity index (χ4n) is 6.05. The second-order valence-corrected chi connectivity index (χ2v) is 10.4. The fraction of sp³-hybridized carbons (Fsp3) is 0.870. The molecular weight excluding hydrogens is 450 g/mol. The number of nitrogens with one attached hydrogen (secondary N) is 1. The molecule has 5 fully saturated rings. The van der Waals surface area contributed by atoms with Crippen molar-refractivity contribution in [1.29, 1.82) is 0 Å². The maximum atomic E-state index is 12.5. The van der Waals surface area contributed by atoms with Gasteiger partial charge >= 0.3 is 11.9 Å². The number of carboxylic acids is 1. The average Bonchev–Trinajstić information content (AvgIpc) is 2.99. The Bertz CT molecular complexity index is 820. The molecule has 34 heavy (non-hydrogen) atoms. The van der Waals surface area contributed by atoms with E-state index in [4.69, 9.17) is 29.1 Å². The Balaban J connectivity index is 1.40. The Labute approximate surface area is 198 Å². The van der Waals surface area contributed by atoms with Gasteiger partial charge in [0.15, 0.2) is 17.9 Å². The van der Waals surface area contributed by atoms with E-state index in [9.17, 15) is 19.5 Å². The molecule has 4 heterocycles. The summed E-state index contributed by atoms with van der Waals surface area (Å²) in [6, 6.07) is -1.45. The molecule has 10 unspecified atom stereocenters. The van der Waals surface area contributed by atoms with Gasteiger partial charge in [0.1, 0.15) is 0 Å². The first kappa shape index (κ1) is 25.3. The van der Waals surface area contributed by atoms with Gasteiger partial charge in [0, 0.05) is 24.7 Å². The van der Waals surface area contributed by atoms with E-state index in [1.54, 1.807) is 0 Å². The highest BCUT2D eigenvalue weighted by molar-refractivity contribution is 5.86. The molecule has 192 valence electrons. The number of rotatable bonds is 7. The number of carbonyl (C=O) groups is 3. The van der Waals surface area contributed by atoms with Crippen LogP contribution in [0.4, 0.5) is 0 Å². The molecule has 0 aromatic carbocycles. The lowest BCUT2D eigenvalue weighted by atomic mass is 9.58. The first-order valence-electron chi connectivity index (χ1n) is 12.1. The van der Waals surface area contributed by atoms with E-state index >= 15 is 0 Å². The lowest BCUT2D eigenvalue weighted by Gasteiger charge is -2.59. The molecule has 1 saturated carbocycles. The standard InChI is InChI=1S/C23H35NO10/c1-11-5-6-15-12(2)20(30-17(27)8-7-16(26)24-18(13(3)25)19(28)29)31-21-23(15)14(11)9-10-22(4,32-21)33-34-23/h11-15,18,20-21,25H,5-10H2,1-4H3,(H,24,26)(H,28,29). The van der Waals surface area contributed by atoms with Crippen LogP contribution in [0.25, 0.3) is 0 Å². The smallest absolute Gasteiger partial charge is 0.328 e. The highest BCUT2D eigenvalue weighted by Gasteiger charge is 2.69. The number of ether oxygens (including phenoxy) is 3. The van der Waals surface area contributed by atoms with E-state index in [0.29, 0.717) is 12.3 Å². The number of aliphatic hydroxyl groups excluding tert-OH is 1. The molecule has 3 N–H and O–H groups in total. The minimum absolute atomic E-state index is 0.00133. The molecule has 1 amide bonds. The van der Waals surface area contributed by atoms with Gasteiger partial charge in [-0.2, -0.15) is 0 Å². The topological polar surface area (TPSA) is 150 Å². The predicted octanol–water partition coefficient (Wildman–Crippen LogP) is 1.47. The molecule has 1 spiro atoms. The maximum absolute atomic E-state index is 12.5. The number of aliphatic hydroxyl groups is 1. The maximum Gasteiger partial charge on any atom is 0.328 e. The summed E-state index contributed by atoms with van der Waals surface area (Å²) in [5, 5.41) is 20.8. The van der Waals surface area contributed by atoms with Crippen molar-refractivity contribution in [1.82, 2.24) is 5.32 Å². The number of carbonyl (C=O) groups excluding carboxylic acids is 2. The molecule has 5 aliphatic rings. The van der Waals surface area contributed by atoms with Gasteiger partial charge < -0.3 is 29.7 Å². The van der Waals surface area contributed by atoms with Crippen LogP contribution < -0.4 is 5.32 Å². The van der Waals surface area contributed by atoms with Crippen LogP contribution >= 0.6 is 0 Å². The van der Waals surface area contributed by atoms with E-state index in [-0.39, 0.29) is 30.6 Å². The number of aliphatic carboxylic acids is 1.